The molecule has 21 heavy (non-hydrogen) atoms. The van der Waals surface area contributed by atoms with E-state index in [1.807, 2.05) is 0 Å². The van der Waals surface area contributed by atoms with Gasteiger partial charge in [-0.05, 0) is 0 Å². The average Bonchev–Trinajstić information content (AvgIpc) is 2.31. The van der Waals surface area contributed by atoms with E-state index in [9.17, 15) is 24.3 Å². The van der Waals surface area contributed by atoms with Crippen LogP contribution in [0.25, 0.3) is 0 Å². The predicted octanol–water partition coefficient (Wildman–Crippen LogP) is -0.574. The second-order valence-corrected chi connectivity index (χ2v) is 5.61. The second-order valence-electron chi connectivity index (χ2n) is 4.43. The van der Waals surface area contributed by atoms with Crippen molar-refractivity contribution in [2.45, 2.75) is 16.0 Å². The van der Waals surface area contributed by atoms with Gasteiger partial charge in [-0.15, -0.1) is 0 Å². The first kappa shape index (κ1) is 17.4. The minimum Gasteiger partial charge on any atom is -0.481 e. The fourth-order valence-electron chi connectivity index (χ4n) is 2.27. The molecule has 0 aromatic heterocycles. The quantitative estimate of drug-likeness (QED) is 0.262. The van der Waals surface area contributed by atoms with Gasteiger partial charge in [0.15, 0.2) is 5.54 Å². The van der Waals surface area contributed by atoms with Crippen LogP contribution in [0.3, 0.4) is 0 Å². The van der Waals surface area contributed by atoms with Crippen molar-refractivity contribution in [3.63, 3.8) is 0 Å². The summed E-state index contributed by atoms with van der Waals surface area (Å²) in [5.41, 5.74) is -2.14. The first-order chi connectivity index (χ1) is 9.62. The first-order valence-corrected chi connectivity index (χ1v) is 6.93. The maximum Gasteiger partial charge on any atom is 0.408 e. The number of rotatable bonds is 5. The Morgan fingerprint density at radius 3 is 2.00 bits per heavy atom. The molecule has 10 nitrogen and oxygen atoms in total. The molecule has 2 unspecified atom stereocenters. The van der Waals surface area contributed by atoms with Gasteiger partial charge in [0.05, 0.1) is 13.0 Å². The second kappa shape index (κ2) is 6.43. The molecule has 1 fully saturated rings. The van der Waals surface area contributed by atoms with Gasteiger partial charge in [-0.3, -0.25) is 24.2 Å². The predicted molar refractivity (Wildman–Crippen MR) is 74.4 cm³/mol. The number of halogens is 1. The lowest BCUT2D eigenvalue weighted by atomic mass is 9.89. The molecule has 1 rings (SSSR count). The lowest BCUT2D eigenvalue weighted by Crippen LogP contribution is -2.71. The molecule has 118 valence electrons. The first-order valence-electron chi connectivity index (χ1n) is 5.68. The minimum atomic E-state index is -2.14. The zero-order valence-electron chi connectivity index (χ0n) is 10.6. The summed E-state index contributed by atoms with van der Waals surface area (Å²) >= 11 is 1.53. The Bertz CT molecular complexity index is 480. The zero-order chi connectivity index (χ0) is 16.4. The van der Waals surface area contributed by atoms with E-state index in [1.54, 1.807) is 0 Å². The topological polar surface area (TPSA) is 156 Å². The van der Waals surface area contributed by atoms with E-state index in [0.717, 1.165) is 9.80 Å². The molecule has 1 heterocycles. The third-order valence-corrected chi connectivity index (χ3v) is 4.91. The van der Waals surface area contributed by atoms with Gasteiger partial charge < -0.3 is 20.4 Å². The molecule has 0 aromatic carbocycles. The lowest BCUT2D eigenvalue weighted by Gasteiger charge is -2.49. The number of hydrogen-bond acceptors (Lipinski definition) is 5. The van der Waals surface area contributed by atoms with Crippen LogP contribution in [0.1, 0.15) is 6.42 Å². The molecule has 0 aromatic rings. The van der Waals surface area contributed by atoms with Crippen molar-refractivity contribution in [2.24, 2.45) is 0 Å². The Labute approximate surface area is 132 Å². The highest BCUT2D eigenvalue weighted by Crippen LogP contribution is 2.36. The van der Waals surface area contributed by atoms with Crippen LogP contribution in [0, 0.1) is 0 Å². The Morgan fingerprint density at radius 1 is 1.05 bits per heavy atom. The van der Waals surface area contributed by atoms with E-state index in [2.05, 4.69) is 0 Å². The SMILES string of the molecule is O=C(O)CN1CCN(C(=O)O)C(I)C1(CC(=O)O)C(=O)O. The van der Waals surface area contributed by atoms with Gasteiger partial charge in [0.1, 0.15) is 4.05 Å². The molecule has 1 aliphatic heterocycles. The van der Waals surface area contributed by atoms with Crippen LogP contribution < -0.4 is 0 Å². The van der Waals surface area contributed by atoms with Crippen molar-refractivity contribution in [2.75, 3.05) is 19.6 Å². The minimum absolute atomic E-state index is 0.106. The van der Waals surface area contributed by atoms with Crippen LogP contribution in [-0.2, 0) is 14.4 Å². The van der Waals surface area contributed by atoms with E-state index in [4.69, 9.17) is 15.3 Å². The van der Waals surface area contributed by atoms with Gasteiger partial charge in [-0.25, -0.2) is 4.79 Å². The van der Waals surface area contributed by atoms with Crippen molar-refractivity contribution in [3.05, 3.63) is 0 Å². The largest absolute Gasteiger partial charge is 0.481 e. The summed E-state index contributed by atoms with van der Waals surface area (Å²) < 4.78 is -1.24. The standard InChI is InChI=1S/C10H13IN2O8/c11-7-10(8(18)19,3-5(14)15)12(4-6(16)17)1-2-13(7)9(20)21/h7H,1-4H2,(H,14,15)(H,16,17)(H,18,19)(H,20,21). The van der Waals surface area contributed by atoms with E-state index in [-0.39, 0.29) is 13.1 Å². The lowest BCUT2D eigenvalue weighted by molar-refractivity contribution is -0.166. The molecule has 1 amide bonds. The van der Waals surface area contributed by atoms with Crippen LogP contribution in [0.5, 0.6) is 0 Å². The molecule has 1 saturated heterocycles. The van der Waals surface area contributed by atoms with Gasteiger partial charge in [-0.2, -0.15) is 0 Å². The summed E-state index contributed by atoms with van der Waals surface area (Å²) in [6.07, 6.45) is -2.30. The number of amides is 1. The van der Waals surface area contributed by atoms with Crippen molar-refractivity contribution >= 4 is 46.6 Å². The number of alkyl halides is 1. The molecule has 0 radical (unpaired) electrons. The van der Waals surface area contributed by atoms with Gasteiger partial charge >= 0.3 is 24.0 Å². The van der Waals surface area contributed by atoms with Crippen LogP contribution in [0.4, 0.5) is 4.79 Å². The Hall–Kier alpha value is -1.63. The molecule has 11 heteroatoms. The number of piperazine rings is 1. The van der Waals surface area contributed by atoms with Crippen LogP contribution in [0.2, 0.25) is 0 Å². The highest BCUT2D eigenvalue weighted by molar-refractivity contribution is 14.1. The van der Waals surface area contributed by atoms with Gasteiger partial charge in [-0.1, -0.05) is 22.6 Å². The summed E-state index contributed by atoms with van der Waals surface area (Å²) in [7, 11) is 0. The third-order valence-electron chi connectivity index (χ3n) is 3.21. The Kier molecular flexibility index (Phi) is 5.33. The summed E-state index contributed by atoms with van der Waals surface area (Å²) in [4.78, 5) is 46.5. The normalized spacial score (nSPS) is 26.3. The molecule has 0 spiro atoms. The van der Waals surface area contributed by atoms with Crippen LogP contribution in [-0.4, -0.2) is 83.4 Å². The van der Waals surface area contributed by atoms with Crippen molar-refractivity contribution in [1.82, 2.24) is 9.80 Å². The van der Waals surface area contributed by atoms with Crippen molar-refractivity contribution in [1.29, 1.82) is 0 Å². The summed E-state index contributed by atoms with van der Waals surface area (Å²) in [6, 6.07) is 0. The van der Waals surface area contributed by atoms with E-state index in [1.165, 1.54) is 22.6 Å². The fraction of sp³-hybridized carbons (Fsp3) is 0.600. The fourth-order valence-corrected chi connectivity index (χ4v) is 3.66. The number of carboxylic acid groups (broad SMARTS) is 4. The zero-order valence-corrected chi connectivity index (χ0v) is 12.8. The molecule has 4 N–H and O–H groups in total. The monoisotopic (exact) mass is 416 g/mol. The van der Waals surface area contributed by atoms with Gasteiger partial charge in [0.2, 0.25) is 0 Å². The summed E-state index contributed by atoms with van der Waals surface area (Å²) in [5, 5.41) is 36.4. The summed E-state index contributed by atoms with van der Waals surface area (Å²) in [6.45, 7) is -0.977. The van der Waals surface area contributed by atoms with E-state index >= 15 is 0 Å². The maximum absolute atomic E-state index is 11.7. The van der Waals surface area contributed by atoms with Crippen LogP contribution in [0.15, 0.2) is 0 Å². The maximum atomic E-state index is 11.7. The Morgan fingerprint density at radius 2 is 1.62 bits per heavy atom. The molecule has 1 aliphatic rings. The molecule has 0 aliphatic carbocycles. The Balaban J connectivity index is 3.32. The molecule has 2 atom stereocenters. The molecular formula is C10H13IN2O8. The number of hydrogen-bond donors (Lipinski definition) is 4. The smallest absolute Gasteiger partial charge is 0.408 e. The summed E-state index contributed by atoms with van der Waals surface area (Å²) in [5.74, 6) is -4.35. The van der Waals surface area contributed by atoms with Crippen LogP contribution >= 0.6 is 22.6 Å². The average molecular weight is 416 g/mol. The van der Waals surface area contributed by atoms with Crippen molar-refractivity contribution in [3.8, 4) is 0 Å². The highest BCUT2D eigenvalue weighted by Gasteiger charge is 2.57. The number of aliphatic carboxylic acids is 3. The number of carbonyl (C=O) groups is 4. The van der Waals surface area contributed by atoms with E-state index < -0.39 is 46.6 Å². The number of nitrogens with zero attached hydrogens (tertiary/aromatic N) is 2. The molecular weight excluding hydrogens is 403 g/mol. The molecule has 0 bridgehead atoms. The van der Waals surface area contributed by atoms with Gasteiger partial charge in [0.25, 0.3) is 0 Å². The molecule has 0 saturated carbocycles. The van der Waals surface area contributed by atoms with Crippen molar-refractivity contribution < 1.29 is 39.6 Å². The van der Waals surface area contributed by atoms with E-state index in [0.29, 0.717) is 0 Å². The highest BCUT2D eigenvalue weighted by atomic mass is 127. The number of carboxylic acids is 3. The van der Waals surface area contributed by atoms with Gasteiger partial charge in [0, 0.05) is 13.1 Å². The third kappa shape index (κ3) is 3.34.